The molecule has 22 heavy (non-hydrogen) atoms. The molecule has 2 rings (SSSR count). The molecule has 1 fully saturated rings. The zero-order valence-corrected chi connectivity index (χ0v) is 14.6. The SMILES string of the molecule is C[C@@H]1CN(c2cc(NCCC(C)(C)C)nc(N)n2)CCN1C. The summed E-state index contributed by atoms with van der Waals surface area (Å²) in [5.41, 5.74) is 6.19. The number of rotatable bonds is 4. The average molecular weight is 306 g/mol. The van der Waals surface area contributed by atoms with Crippen molar-refractivity contribution in [2.75, 3.05) is 49.2 Å². The molecule has 1 atom stereocenters. The number of nitrogens with zero attached hydrogens (tertiary/aromatic N) is 4. The molecule has 0 saturated carbocycles. The van der Waals surface area contributed by atoms with Crippen LogP contribution in [0.25, 0.3) is 0 Å². The average Bonchev–Trinajstić information content (AvgIpc) is 2.40. The van der Waals surface area contributed by atoms with Crippen molar-refractivity contribution in [1.82, 2.24) is 14.9 Å². The van der Waals surface area contributed by atoms with Gasteiger partial charge in [-0.05, 0) is 25.8 Å². The molecule has 1 aromatic heterocycles. The van der Waals surface area contributed by atoms with Crippen molar-refractivity contribution < 1.29 is 0 Å². The maximum absolute atomic E-state index is 5.89. The summed E-state index contributed by atoms with van der Waals surface area (Å²) < 4.78 is 0. The molecule has 0 aromatic carbocycles. The van der Waals surface area contributed by atoms with E-state index in [0.717, 1.165) is 44.2 Å². The molecule has 0 radical (unpaired) electrons. The van der Waals surface area contributed by atoms with Crippen molar-refractivity contribution in [3.8, 4) is 0 Å². The fraction of sp³-hybridized carbons (Fsp3) is 0.750. The van der Waals surface area contributed by atoms with Crippen molar-refractivity contribution >= 4 is 17.6 Å². The predicted octanol–water partition coefficient (Wildman–Crippen LogP) is 2.05. The van der Waals surface area contributed by atoms with Crippen LogP contribution in [0, 0.1) is 5.41 Å². The third-order valence-electron chi connectivity index (χ3n) is 4.19. The van der Waals surface area contributed by atoms with Crippen LogP contribution in [0.3, 0.4) is 0 Å². The Morgan fingerprint density at radius 2 is 2.05 bits per heavy atom. The Hall–Kier alpha value is -1.56. The van der Waals surface area contributed by atoms with Crippen LogP contribution in [0.2, 0.25) is 0 Å². The van der Waals surface area contributed by atoms with Crippen molar-refractivity contribution in [3.63, 3.8) is 0 Å². The Kier molecular flexibility index (Phi) is 5.11. The van der Waals surface area contributed by atoms with Crippen LogP contribution in [0.4, 0.5) is 17.6 Å². The molecule has 0 unspecified atom stereocenters. The lowest BCUT2D eigenvalue weighted by Crippen LogP contribution is -2.50. The summed E-state index contributed by atoms with van der Waals surface area (Å²) in [6.07, 6.45) is 1.08. The number of nitrogens with one attached hydrogen (secondary N) is 1. The minimum absolute atomic E-state index is 0.307. The zero-order chi connectivity index (χ0) is 16.3. The summed E-state index contributed by atoms with van der Waals surface area (Å²) in [5.74, 6) is 2.08. The lowest BCUT2D eigenvalue weighted by molar-refractivity contribution is 0.233. The third kappa shape index (κ3) is 4.73. The summed E-state index contributed by atoms with van der Waals surface area (Å²) in [4.78, 5) is 13.4. The predicted molar refractivity (Wildman–Crippen MR) is 93.3 cm³/mol. The molecule has 124 valence electrons. The molecule has 1 aromatic rings. The van der Waals surface area contributed by atoms with Gasteiger partial charge in [-0.3, -0.25) is 0 Å². The van der Waals surface area contributed by atoms with E-state index in [1.807, 2.05) is 6.07 Å². The summed E-state index contributed by atoms with van der Waals surface area (Å²) in [6.45, 7) is 12.8. The van der Waals surface area contributed by atoms with Crippen LogP contribution in [0.5, 0.6) is 0 Å². The van der Waals surface area contributed by atoms with Gasteiger partial charge in [0.2, 0.25) is 5.95 Å². The maximum Gasteiger partial charge on any atom is 0.223 e. The van der Waals surface area contributed by atoms with E-state index in [0.29, 0.717) is 17.4 Å². The van der Waals surface area contributed by atoms with Crippen LogP contribution < -0.4 is 16.0 Å². The first-order valence-corrected chi connectivity index (χ1v) is 8.08. The molecule has 1 aliphatic heterocycles. The first kappa shape index (κ1) is 16.8. The second kappa shape index (κ2) is 6.69. The van der Waals surface area contributed by atoms with Gasteiger partial charge in [-0.15, -0.1) is 0 Å². The van der Waals surface area contributed by atoms with Gasteiger partial charge in [0.25, 0.3) is 0 Å². The third-order valence-corrected chi connectivity index (χ3v) is 4.19. The Morgan fingerprint density at radius 3 is 2.68 bits per heavy atom. The van der Waals surface area contributed by atoms with E-state index in [2.05, 4.69) is 59.8 Å². The number of piperazine rings is 1. The number of hydrogen-bond donors (Lipinski definition) is 2. The van der Waals surface area contributed by atoms with E-state index in [4.69, 9.17) is 5.73 Å². The van der Waals surface area contributed by atoms with Crippen molar-refractivity contribution in [3.05, 3.63) is 6.07 Å². The lowest BCUT2D eigenvalue weighted by atomic mass is 9.92. The molecule has 0 aliphatic carbocycles. The second-order valence-electron chi connectivity index (χ2n) is 7.48. The number of nitrogens with two attached hydrogens (primary N) is 1. The Labute approximate surface area is 134 Å². The Balaban J connectivity index is 2.03. The zero-order valence-electron chi connectivity index (χ0n) is 14.6. The minimum Gasteiger partial charge on any atom is -0.370 e. The maximum atomic E-state index is 5.89. The van der Waals surface area contributed by atoms with E-state index in [9.17, 15) is 0 Å². The highest BCUT2D eigenvalue weighted by Crippen LogP contribution is 2.22. The van der Waals surface area contributed by atoms with Gasteiger partial charge in [0.1, 0.15) is 11.6 Å². The molecule has 6 nitrogen and oxygen atoms in total. The van der Waals surface area contributed by atoms with Gasteiger partial charge in [-0.1, -0.05) is 20.8 Å². The van der Waals surface area contributed by atoms with E-state index >= 15 is 0 Å². The number of aromatic nitrogens is 2. The quantitative estimate of drug-likeness (QED) is 0.887. The van der Waals surface area contributed by atoms with Gasteiger partial charge < -0.3 is 20.9 Å². The van der Waals surface area contributed by atoms with E-state index in [1.54, 1.807) is 0 Å². The molecule has 6 heteroatoms. The van der Waals surface area contributed by atoms with Crippen molar-refractivity contribution in [2.45, 2.75) is 40.2 Å². The van der Waals surface area contributed by atoms with E-state index in [-0.39, 0.29) is 0 Å². The molecular formula is C16H30N6. The summed E-state index contributed by atoms with van der Waals surface area (Å²) >= 11 is 0. The minimum atomic E-state index is 0.307. The highest BCUT2D eigenvalue weighted by atomic mass is 15.3. The molecular weight excluding hydrogens is 276 g/mol. The van der Waals surface area contributed by atoms with E-state index in [1.165, 1.54) is 0 Å². The molecule has 1 aliphatic rings. The van der Waals surface area contributed by atoms with Gasteiger partial charge in [0.15, 0.2) is 0 Å². The number of hydrogen-bond acceptors (Lipinski definition) is 6. The summed E-state index contributed by atoms with van der Waals surface area (Å²) in [6, 6.07) is 2.53. The highest BCUT2D eigenvalue weighted by molar-refractivity contribution is 5.53. The summed E-state index contributed by atoms with van der Waals surface area (Å²) in [5, 5.41) is 3.37. The van der Waals surface area contributed by atoms with Crippen LogP contribution in [0.1, 0.15) is 34.1 Å². The lowest BCUT2D eigenvalue weighted by Gasteiger charge is -2.38. The summed E-state index contributed by atoms with van der Waals surface area (Å²) in [7, 11) is 2.16. The van der Waals surface area contributed by atoms with Crippen LogP contribution >= 0.6 is 0 Å². The van der Waals surface area contributed by atoms with Gasteiger partial charge in [0, 0.05) is 38.3 Å². The largest absolute Gasteiger partial charge is 0.370 e. The van der Waals surface area contributed by atoms with Gasteiger partial charge in [0.05, 0.1) is 0 Å². The number of likely N-dealkylation sites (N-methyl/N-ethyl adjacent to an activating group) is 1. The van der Waals surface area contributed by atoms with Crippen LogP contribution in [0.15, 0.2) is 6.07 Å². The van der Waals surface area contributed by atoms with Crippen molar-refractivity contribution in [2.24, 2.45) is 5.41 Å². The topological polar surface area (TPSA) is 70.3 Å². The molecule has 0 amide bonds. The first-order chi connectivity index (χ1) is 10.2. The molecule has 0 spiro atoms. The Morgan fingerprint density at radius 1 is 1.32 bits per heavy atom. The highest BCUT2D eigenvalue weighted by Gasteiger charge is 2.22. The van der Waals surface area contributed by atoms with Gasteiger partial charge >= 0.3 is 0 Å². The smallest absolute Gasteiger partial charge is 0.223 e. The molecule has 2 heterocycles. The monoisotopic (exact) mass is 306 g/mol. The van der Waals surface area contributed by atoms with Gasteiger partial charge in [-0.25, -0.2) is 0 Å². The number of nitrogen functional groups attached to an aromatic ring is 1. The molecule has 3 N–H and O–H groups in total. The van der Waals surface area contributed by atoms with E-state index < -0.39 is 0 Å². The van der Waals surface area contributed by atoms with Crippen molar-refractivity contribution in [1.29, 1.82) is 0 Å². The standard InChI is InChI=1S/C16H30N6/c1-12-11-22(9-8-21(12)5)14-10-13(19-15(17)20-14)18-7-6-16(2,3)4/h10,12H,6-9,11H2,1-5H3,(H3,17,18,19,20)/t12-/m1/s1. The fourth-order valence-corrected chi connectivity index (χ4v) is 2.53. The number of anilines is 3. The van der Waals surface area contributed by atoms with Crippen LogP contribution in [-0.2, 0) is 0 Å². The fourth-order valence-electron chi connectivity index (χ4n) is 2.53. The van der Waals surface area contributed by atoms with Gasteiger partial charge in [-0.2, -0.15) is 9.97 Å². The molecule has 1 saturated heterocycles. The molecule has 0 bridgehead atoms. The normalized spacial score (nSPS) is 20.2. The first-order valence-electron chi connectivity index (χ1n) is 8.08. The van der Waals surface area contributed by atoms with Crippen LogP contribution in [-0.4, -0.2) is 54.1 Å². The Bertz CT molecular complexity index is 496. The second-order valence-corrected chi connectivity index (χ2v) is 7.48.